The van der Waals surface area contributed by atoms with Gasteiger partial charge >= 0.3 is 6.09 Å². The van der Waals surface area contributed by atoms with E-state index >= 15 is 0 Å². The van der Waals surface area contributed by atoms with Crippen LogP contribution in [0, 0.1) is 11.3 Å². The third-order valence-corrected chi connectivity index (χ3v) is 6.76. The lowest BCUT2D eigenvalue weighted by atomic mass is 10.0. The van der Waals surface area contributed by atoms with Crippen molar-refractivity contribution >= 4 is 17.9 Å². The van der Waals surface area contributed by atoms with E-state index in [9.17, 15) is 15.2 Å². The number of amides is 1. The quantitative estimate of drug-likeness (QED) is 0.701. The fraction of sp³-hybridized carbons (Fsp3) is 0.714. The van der Waals surface area contributed by atoms with E-state index in [1.165, 1.54) is 17.7 Å². The zero-order chi connectivity index (χ0) is 22.0. The van der Waals surface area contributed by atoms with Crippen LogP contribution in [0.2, 0.25) is 0 Å². The van der Waals surface area contributed by atoms with Crippen molar-refractivity contribution in [1.82, 2.24) is 25.1 Å². The van der Waals surface area contributed by atoms with E-state index in [4.69, 9.17) is 9.97 Å². The van der Waals surface area contributed by atoms with Crippen molar-refractivity contribution in [3.8, 4) is 6.07 Å². The van der Waals surface area contributed by atoms with Gasteiger partial charge in [0, 0.05) is 51.4 Å². The number of anilines is 2. The predicted molar refractivity (Wildman–Crippen MR) is 117 cm³/mol. The maximum absolute atomic E-state index is 11.6. The van der Waals surface area contributed by atoms with Crippen molar-refractivity contribution in [2.24, 2.45) is 0 Å². The van der Waals surface area contributed by atoms with Crippen LogP contribution in [0.15, 0.2) is 0 Å². The molecule has 1 aromatic heterocycles. The number of carboxylic acid groups (broad SMARTS) is 1. The number of piperazine rings is 1. The van der Waals surface area contributed by atoms with Gasteiger partial charge in [-0.3, -0.25) is 0 Å². The molecule has 3 aliphatic rings. The lowest BCUT2D eigenvalue weighted by Crippen LogP contribution is -2.55. The van der Waals surface area contributed by atoms with Gasteiger partial charge < -0.3 is 30.0 Å². The molecule has 0 aromatic carbocycles. The Morgan fingerprint density at radius 2 is 2.16 bits per heavy atom. The molecule has 2 N–H and O–H groups in total. The Hall–Kier alpha value is -2.64. The van der Waals surface area contributed by atoms with E-state index in [0.29, 0.717) is 32.2 Å². The SMILES string of the molecule is CN(CC1CCCN1C)c1nc2c(c(N3CCN(C(=O)O)C(CC#N)C3)n1)CCNC2. The zero-order valence-electron chi connectivity index (χ0n) is 18.4. The standard InChI is InChI=1S/C21H32N8O2/c1-26-9-3-4-15(26)13-27(2)20-24-18-12-23-8-6-17(18)19(25-20)28-10-11-29(21(30)31)16(14-28)5-7-22/h15-16,23H,3-6,8-14H2,1-2H3,(H,30,31). The topological polar surface area (TPSA) is 112 Å². The van der Waals surface area contributed by atoms with E-state index < -0.39 is 6.09 Å². The molecule has 10 nitrogen and oxygen atoms in total. The van der Waals surface area contributed by atoms with Crippen molar-refractivity contribution in [2.75, 3.05) is 63.2 Å². The molecule has 10 heteroatoms. The van der Waals surface area contributed by atoms with Crippen molar-refractivity contribution in [1.29, 1.82) is 5.26 Å². The zero-order valence-corrected chi connectivity index (χ0v) is 18.4. The van der Waals surface area contributed by atoms with Crippen LogP contribution in [-0.2, 0) is 13.0 Å². The Morgan fingerprint density at radius 1 is 1.32 bits per heavy atom. The molecule has 1 amide bonds. The summed E-state index contributed by atoms with van der Waals surface area (Å²) in [5.41, 5.74) is 2.17. The molecule has 1 aromatic rings. The number of likely N-dealkylation sites (N-methyl/N-ethyl adjacent to an activating group) is 2. The fourth-order valence-electron chi connectivity index (χ4n) is 4.95. The van der Waals surface area contributed by atoms with Crippen LogP contribution in [0.25, 0.3) is 0 Å². The van der Waals surface area contributed by atoms with Crippen molar-refractivity contribution in [2.45, 2.75) is 44.3 Å². The number of hydrogen-bond acceptors (Lipinski definition) is 8. The van der Waals surface area contributed by atoms with Crippen LogP contribution in [0.4, 0.5) is 16.6 Å². The molecule has 0 aliphatic carbocycles. The van der Waals surface area contributed by atoms with Crippen molar-refractivity contribution in [3.63, 3.8) is 0 Å². The number of nitriles is 1. The summed E-state index contributed by atoms with van der Waals surface area (Å²) < 4.78 is 0. The number of nitrogens with zero attached hydrogens (tertiary/aromatic N) is 7. The molecular weight excluding hydrogens is 396 g/mol. The largest absolute Gasteiger partial charge is 0.465 e. The minimum atomic E-state index is -0.963. The van der Waals surface area contributed by atoms with Gasteiger partial charge in [0.15, 0.2) is 0 Å². The average molecular weight is 429 g/mol. The van der Waals surface area contributed by atoms with E-state index in [1.807, 2.05) is 0 Å². The van der Waals surface area contributed by atoms with Crippen LogP contribution in [0.5, 0.6) is 0 Å². The summed E-state index contributed by atoms with van der Waals surface area (Å²) in [6.45, 7) is 5.02. The lowest BCUT2D eigenvalue weighted by molar-refractivity contribution is 0.119. The molecule has 0 saturated carbocycles. The van der Waals surface area contributed by atoms with E-state index in [0.717, 1.165) is 49.1 Å². The second-order valence-corrected chi connectivity index (χ2v) is 8.79. The molecule has 168 valence electrons. The van der Waals surface area contributed by atoms with Crippen LogP contribution >= 0.6 is 0 Å². The molecular formula is C21H32N8O2. The van der Waals surface area contributed by atoms with Crippen LogP contribution in [0.1, 0.15) is 30.5 Å². The van der Waals surface area contributed by atoms with Crippen molar-refractivity contribution < 1.29 is 9.90 Å². The van der Waals surface area contributed by atoms with Gasteiger partial charge in [-0.2, -0.15) is 10.2 Å². The molecule has 0 radical (unpaired) electrons. The minimum Gasteiger partial charge on any atom is -0.465 e. The summed E-state index contributed by atoms with van der Waals surface area (Å²) >= 11 is 0. The van der Waals surface area contributed by atoms with Gasteiger partial charge in [0.1, 0.15) is 5.82 Å². The molecule has 2 fully saturated rings. The Bertz CT molecular complexity index is 857. The Kier molecular flexibility index (Phi) is 6.43. The monoisotopic (exact) mass is 428 g/mol. The summed E-state index contributed by atoms with van der Waals surface area (Å²) in [4.78, 5) is 29.6. The highest BCUT2D eigenvalue weighted by molar-refractivity contribution is 5.66. The highest BCUT2D eigenvalue weighted by Crippen LogP contribution is 2.29. The van der Waals surface area contributed by atoms with Crippen molar-refractivity contribution in [3.05, 3.63) is 11.3 Å². The number of carbonyl (C=O) groups is 1. The van der Waals surface area contributed by atoms with Crippen LogP contribution in [0.3, 0.4) is 0 Å². The number of hydrogen-bond donors (Lipinski definition) is 2. The fourth-order valence-corrected chi connectivity index (χ4v) is 4.95. The van der Waals surface area contributed by atoms with Gasteiger partial charge in [-0.05, 0) is 39.4 Å². The second-order valence-electron chi connectivity index (χ2n) is 8.79. The first-order valence-corrected chi connectivity index (χ1v) is 11.1. The molecule has 2 unspecified atom stereocenters. The molecule has 2 saturated heterocycles. The Morgan fingerprint density at radius 3 is 2.87 bits per heavy atom. The summed E-state index contributed by atoms with van der Waals surface area (Å²) in [6, 6.07) is 2.30. The average Bonchev–Trinajstić information content (AvgIpc) is 3.17. The number of rotatable bonds is 5. The Balaban J connectivity index is 1.61. The number of aromatic nitrogens is 2. The van der Waals surface area contributed by atoms with Crippen LogP contribution < -0.4 is 15.1 Å². The van der Waals surface area contributed by atoms with E-state index in [-0.39, 0.29) is 12.5 Å². The first kappa shape index (κ1) is 21.6. The lowest BCUT2D eigenvalue weighted by Gasteiger charge is -2.41. The molecule has 4 heterocycles. The van der Waals surface area contributed by atoms with Gasteiger partial charge in [0.2, 0.25) is 5.95 Å². The van der Waals surface area contributed by atoms with Crippen LogP contribution in [-0.4, -0.2) is 96.4 Å². The normalized spacial score (nSPS) is 24.0. The van der Waals surface area contributed by atoms with Gasteiger partial charge in [-0.1, -0.05) is 0 Å². The highest BCUT2D eigenvalue weighted by Gasteiger charge is 2.33. The van der Waals surface area contributed by atoms with Gasteiger partial charge in [0.05, 0.1) is 24.2 Å². The summed E-state index contributed by atoms with van der Waals surface area (Å²) in [6.07, 6.45) is 2.48. The first-order valence-electron chi connectivity index (χ1n) is 11.1. The predicted octanol–water partition coefficient (Wildman–Crippen LogP) is 0.735. The molecule has 31 heavy (non-hydrogen) atoms. The summed E-state index contributed by atoms with van der Waals surface area (Å²) in [7, 11) is 4.22. The minimum absolute atomic E-state index is 0.179. The molecule has 4 rings (SSSR count). The molecule has 0 bridgehead atoms. The maximum atomic E-state index is 11.6. The summed E-state index contributed by atoms with van der Waals surface area (Å²) in [5.74, 6) is 1.62. The first-order chi connectivity index (χ1) is 15.0. The number of nitrogens with one attached hydrogen (secondary N) is 1. The van der Waals surface area contributed by atoms with Gasteiger partial charge in [0.25, 0.3) is 0 Å². The summed E-state index contributed by atoms with van der Waals surface area (Å²) in [5, 5.41) is 22.1. The third kappa shape index (κ3) is 4.52. The third-order valence-electron chi connectivity index (χ3n) is 6.76. The molecule has 0 spiro atoms. The number of fused-ring (bicyclic) bond motifs is 1. The van der Waals surface area contributed by atoms with Gasteiger partial charge in [-0.25, -0.2) is 9.78 Å². The second kappa shape index (κ2) is 9.24. The molecule has 3 aliphatic heterocycles. The number of likely N-dealkylation sites (tertiary alicyclic amines) is 1. The highest BCUT2D eigenvalue weighted by atomic mass is 16.4. The van der Waals surface area contributed by atoms with Gasteiger partial charge in [-0.15, -0.1) is 0 Å². The van der Waals surface area contributed by atoms with E-state index in [1.54, 1.807) is 0 Å². The molecule has 2 atom stereocenters. The smallest absolute Gasteiger partial charge is 0.407 e. The Labute approximate surface area is 183 Å². The maximum Gasteiger partial charge on any atom is 0.407 e. The van der Waals surface area contributed by atoms with E-state index in [2.05, 4.69) is 40.2 Å².